The molecular formula is C12H20N2O5. The summed E-state index contributed by atoms with van der Waals surface area (Å²) in [5, 5.41) is 2.48. The third-order valence-corrected chi connectivity index (χ3v) is 2.38. The van der Waals surface area contributed by atoms with Crippen molar-refractivity contribution in [1.29, 1.82) is 0 Å². The molecule has 0 spiro atoms. The van der Waals surface area contributed by atoms with E-state index in [1.54, 1.807) is 27.7 Å². The van der Waals surface area contributed by atoms with Gasteiger partial charge < -0.3 is 14.8 Å². The number of carbonyl (C=O) groups excluding carboxylic acids is 3. The Bertz CT molecular complexity index is 375. The molecule has 1 rings (SSSR count). The van der Waals surface area contributed by atoms with E-state index in [-0.39, 0.29) is 19.0 Å². The van der Waals surface area contributed by atoms with Crippen LogP contribution in [-0.4, -0.2) is 47.8 Å². The Morgan fingerprint density at radius 1 is 1.42 bits per heavy atom. The number of hydrogen-bond acceptors (Lipinski definition) is 5. The van der Waals surface area contributed by atoms with Crippen LogP contribution in [0.15, 0.2) is 0 Å². The van der Waals surface area contributed by atoms with Gasteiger partial charge in [-0.2, -0.15) is 0 Å². The number of rotatable bonds is 4. The maximum absolute atomic E-state index is 11.7. The average Bonchev–Trinajstić information content (AvgIpc) is 2.53. The first kappa shape index (κ1) is 15.3. The van der Waals surface area contributed by atoms with Crippen molar-refractivity contribution in [1.82, 2.24) is 10.2 Å². The lowest BCUT2D eigenvalue weighted by Gasteiger charge is -2.20. The van der Waals surface area contributed by atoms with Gasteiger partial charge in [-0.15, -0.1) is 0 Å². The molecular weight excluding hydrogens is 252 g/mol. The molecule has 3 amide bonds. The van der Waals surface area contributed by atoms with Crippen LogP contribution in [0.5, 0.6) is 0 Å². The molecule has 0 aromatic rings. The van der Waals surface area contributed by atoms with Gasteiger partial charge in [0.15, 0.2) is 6.10 Å². The molecule has 0 aromatic carbocycles. The summed E-state index contributed by atoms with van der Waals surface area (Å²) in [5.74, 6) is -0.363. The summed E-state index contributed by atoms with van der Waals surface area (Å²) >= 11 is 0. The molecule has 1 fully saturated rings. The maximum Gasteiger partial charge on any atom is 0.417 e. The van der Waals surface area contributed by atoms with Crippen LogP contribution in [0.4, 0.5) is 9.59 Å². The van der Waals surface area contributed by atoms with E-state index in [1.165, 1.54) is 0 Å². The normalized spacial score (nSPS) is 19.4. The quantitative estimate of drug-likeness (QED) is 0.833. The van der Waals surface area contributed by atoms with Crippen LogP contribution in [0, 0.1) is 0 Å². The zero-order chi connectivity index (χ0) is 14.6. The number of alkyl carbamates (subject to hydrolysis) is 1. The second kappa shape index (κ2) is 5.90. The van der Waals surface area contributed by atoms with E-state index in [4.69, 9.17) is 9.47 Å². The highest BCUT2D eigenvalue weighted by Crippen LogP contribution is 2.14. The van der Waals surface area contributed by atoms with E-state index < -0.39 is 23.9 Å². The lowest BCUT2D eigenvalue weighted by molar-refractivity contribution is -0.129. The summed E-state index contributed by atoms with van der Waals surface area (Å²) in [6.07, 6.45) is -1.50. The van der Waals surface area contributed by atoms with Crippen molar-refractivity contribution in [2.45, 2.75) is 45.8 Å². The highest BCUT2D eigenvalue weighted by atomic mass is 16.6. The van der Waals surface area contributed by atoms with Crippen molar-refractivity contribution >= 4 is 18.1 Å². The molecule has 0 radical (unpaired) electrons. The third-order valence-electron chi connectivity index (χ3n) is 2.38. The first-order chi connectivity index (χ1) is 8.74. The Hall–Kier alpha value is -1.79. The van der Waals surface area contributed by atoms with Crippen molar-refractivity contribution in [2.75, 3.05) is 13.1 Å². The summed E-state index contributed by atoms with van der Waals surface area (Å²) < 4.78 is 9.90. The van der Waals surface area contributed by atoms with Gasteiger partial charge in [-0.3, -0.25) is 4.79 Å². The van der Waals surface area contributed by atoms with Gasteiger partial charge in [-0.1, -0.05) is 6.92 Å². The van der Waals surface area contributed by atoms with Crippen LogP contribution in [0.2, 0.25) is 0 Å². The fourth-order valence-corrected chi connectivity index (χ4v) is 1.54. The van der Waals surface area contributed by atoms with E-state index in [0.29, 0.717) is 6.42 Å². The molecule has 1 heterocycles. The van der Waals surface area contributed by atoms with Gasteiger partial charge >= 0.3 is 12.2 Å². The van der Waals surface area contributed by atoms with Crippen LogP contribution >= 0.6 is 0 Å². The highest BCUT2D eigenvalue weighted by molar-refractivity contribution is 6.00. The van der Waals surface area contributed by atoms with Crippen molar-refractivity contribution in [3.63, 3.8) is 0 Å². The number of ether oxygens (including phenoxy) is 2. The predicted octanol–water partition coefficient (Wildman–Crippen LogP) is 1.27. The minimum absolute atomic E-state index is 0.0768. The zero-order valence-electron chi connectivity index (χ0n) is 11.7. The van der Waals surface area contributed by atoms with Gasteiger partial charge in [0, 0.05) is 13.1 Å². The number of carbonyl (C=O) groups is 3. The zero-order valence-corrected chi connectivity index (χ0v) is 11.7. The van der Waals surface area contributed by atoms with E-state index in [0.717, 1.165) is 4.90 Å². The average molecular weight is 272 g/mol. The fraction of sp³-hybridized carbons (Fsp3) is 0.750. The van der Waals surface area contributed by atoms with Crippen molar-refractivity contribution < 1.29 is 23.9 Å². The van der Waals surface area contributed by atoms with Gasteiger partial charge in [0.05, 0.1) is 0 Å². The molecule has 0 aromatic heterocycles. The maximum atomic E-state index is 11.7. The number of imide groups is 1. The molecule has 7 heteroatoms. The molecule has 19 heavy (non-hydrogen) atoms. The minimum atomic E-state index is -0.700. The van der Waals surface area contributed by atoms with E-state index in [9.17, 15) is 14.4 Å². The third kappa shape index (κ3) is 4.42. The Morgan fingerprint density at radius 2 is 2.05 bits per heavy atom. The van der Waals surface area contributed by atoms with Crippen LogP contribution in [0.3, 0.4) is 0 Å². The molecule has 0 saturated carbocycles. The Labute approximate surface area is 112 Å². The number of cyclic esters (lactones) is 1. The molecule has 1 aliphatic rings. The minimum Gasteiger partial charge on any atom is -0.444 e. The van der Waals surface area contributed by atoms with Crippen LogP contribution < -0.4 is 5.32 Å². The topological polar surface area (TPSA) is 84.9 Å². The Morgan fingerprint density at radius 3 is 2.53 bits per heavy atom. The van der Waals surface area contributed by atoms with E-state index in [2.05, 4.69) is 5.32 Å². The molecule has 1 atom stereocenters. The second-order valence-electron chi connectivity index (χ2n) is 5.20. The predicted molar refractivity (Wildman–Crippen MR) is 66.5 cm³/mol. The summed E-state index contributed by atoms with van der Waals surface area (Å²) in [4.78, 5) is 35.4. The van der Waals surface area contributed by atoms with Crippen LogP contribution in [0.1, 0.15) is 34.1 Å². The summed E-state index contributed by atoms with van der Waals surface area (Å²) in [6, 6.07) is 0. The van der Waals surface area contributed by atoms with Gasteiger partial charge in [0.1, 0.15) is 5.60 Å². The lowest BCUT2D eigenvalue weighted by atomic mass is 10.2. The highest BCUT2D eigenvalue weighted by Gasteiger charge is 2.38. The molecule has 1 aliphatic heterocycles. The van der Waals surface area contributed by atoms with Crippen LogP contribution in [0.25, 0.3) is 0 Å². The molecule has 1 unspecified atom stereocenters. The fourth-order valence-electron chi connectivity index (χ4n) is 1.54. The first-order valence-electron chi connectivity index (χ1n) is 6.23. The molecule has 108 valence electrons. The molecule has 0 aliphatic carbocycles. The summed E-state index contributed by atoms with van der Waals surface area (Å²) in [7, 11) is 0. The van der Waals surface area contributed by atoms with Gasteiger partial charge in [-0.05, 0) is 27.2 Å². The Kier molecular flexibility index (Phi) is 4.74. The van der Waals surface area contributed by atoms with Gasteiger partial charge in [-0.25, -0.2) is 14.5 Å². The molecule has 1 saturated heterocycles. The monoisotopic (exact) mass is 272 g/mol. The lowest BCUT2D eigenvalue weighted by Crippen LogP contribution is -2.40. The van der Waals surface area contributed by atoms with Crippen molar-refractivity contribution in [3.05, 3.63) is 0 Å². The van der Waals surface area contributed by atoms with Crippen molar-refractivity contribution in [3.8, 4) is 0 Å². The van der Waals surface area contributed by atoms with Crippen LogP contribution in [-0.2, 0) is 14.3 Å². The Balaban J connectivity index is 2.36. The van der Waals surface area contributed by atoms with E-state index in [1.807, 2.05) is 0 Å². The van der Waals surface area contributed by atoms with Crippen molar-refractivity contribution in [2.24, 2.45) is 0 Å². The number of nitrogens with one attached hydrogen (secondary N) is 1. The SMILES string of the molecule is CCC1OC(=O)N(CCNC(=O)OC(C)(C)C)C1=O. The molecule has 0 bridgehead atoms. The van der Waals surface area contributed by atoms with E-state index >= 15 is 0 Å². The largest absolute Gasteiger partial charge is 0.444 e. The first-order valence-corrected chi connectivity index (χ1v) is 6.23. The molecule has 1 N–H and O–H groups in total. The number of amides is 3. The smallest absolute Gasteiger partial charge is 0.417 e. The molecule has 7 nitrogen and oxygen atoms in total. The number of nitrogens with zero attached hydrogens (tertiary/aromatic N) is 1. The standard InChI is InChI=1S/C12H20N2O5/c1-5-8-9(15)14(11(17)18-8)7-6-13-10(16)19-12(2,3)4/h8H,5-7H2,1-4H3,(H,13,16). The second-order valence-corrected chi connectivity index (χ2v) is 5.20. The summed E-state index contributed by atoms with van der Waals surface area (Å²) in [5.41, 5.74) is -0.584. The number of hydrogen-bond donors (Lipinski definition) is 1. The van der Waals surface area contributed by atoms with Gasteiger partial charge in [0.2, 0.25) is 0 Å². The van der Waals surface area contributed by atoms with Gasteiger partial charge in [0.25, 0.3) is 5.91 Å². The summed E-state index contributed by atoms with van der Waals surface area (Å²) in [6.45, 7) is 7.22.